The van der Waals surface area contributed by atoms with E-state index in [1.54, 1.807) is 24.4 Å². The van der Waals surface area contributed by atoms with Gasteiger partial charge < -0.3 is 14.6 Å². The maximum Gasteiger partial charge on any atom is 0.238 e. The van der Waals surface area contributed by atoms with Crippen molar-refractivity contribution in [2.75, 3.05) is 5.32 Å². The van der Waals surface area contributed by atoms with Gasteiger partial charge in [0, 0.05) is 17.5 Å². The third-order valence-electron chi connectivity index (χ3n) is 8.01. The van der Waals surface area contributed by atoms with Crippen molar-refractivity contribution in [3.63, 3.8) is 0 Å². The van der Waals surface area contributed by atoms with Crippen LogP contribution in [0.15, 0.2) is 102 Å². The number of Topliss-reactive ketones (excluding diaryl/α,β-unsaturated/α-hetero) is 2. The van der Waals surface area contributed by atoms with Crippen LogP contribution in [0.5, 0.6) is 0 Å². The van der Waals surface area contributed by atoms with Gasteiger partial charge in [-0.1, -0.05) is 42.5 Å². The minimum atomic E-state index is -1.43. The summed E-state index contributed by atoms with van der Waals surface area (Å²) in [6, 6.07) is 21.7. The van der Waals surface area contributed by atoms with Gasteiger partial charge in [-0.3, -0.25) is 14.4 Å². The van der Waals surface area contributed by atoms with Crippen molar-refractivity contribution in [1.82, 2.24) is 4.90 Å². The number of nitrogens with zero attached hydrogens (tertiary/aromatic N) is 1. The van der Waals surface area contributed by atoms with Gasteiger partial charge in [0.15, 0.2) is 11.5 Å². The molecule has 1 amide bonds. The van der Waals surface area contributed by atoms with Crippen LogP contribution in [0.3, 0.4) is 0 Å². The molecular formula is C31H21FN2O4. The Morgan fingerprint density at radius 2 is 1.66 bits per heavy atom. The Hall–Kier alpha value is -4.78. The van der Waals surface area contributed by atoms with Gasteiger partial charge in [0.2, 0.25) is 11.7 Å². The second-order valence-corrected chi connectivity index (χ2v) is 9.80. The highest BCUT2D eigenvalue weighted by Crippen LogP contribution is 2.62. The van der Waals surface area contributed by atoms with Crippen molar-refractivity contribution >= 4 is 29.2 Å². The monoisotopic (exact) mass is 504 g/mol. The Kier molecular flexibility index (Phi) is 4.79. The summed E-state index contributed by atoms with van der Waals surface area (Å²) in [4.78, 5) is 44.7. The minimum absolute atomic E-state index is 0.0700. The molecule has 38 heavy (non-hydrogen) atoms. The molecule has 1 fully saturated rings. The van der Waals surface area contributed by atoms with Gasteiger partial charge in [-0.15, -0.1) is 0 Å². The molecule has 3 aliphatic heterocycles. The molecule has 6 nitrogen and oxygen atoms in total. The fourth-order valence-corrected chi connectivity index (χ4v) is 6.52. The number of amides is 1. The number of carbonyl (C=O) groups excluding carboxylic acids is 3. The molecule has 0 aliphatic carbocycles. The van der Waals surface area contributed by atoms with Crippen molar-refractivity contribution in [3.8, 4) is 0 Å². The number of hydrogen-bond acceptors (Lipinski definition) is 5. The normalized spacial score (nSPS) is 24.6. The van der Waals surface area contributed by atoms with Crippen molar-refractivity contribution in [1.29, 1.82) is 0 Å². The van der Waals surface area contributed by atoms with Crippen LogP contribution in [0, 0.1) is 11.7 Å². The molecule has 1 aromatic heterocycles. The topological polar surface area (TPSA) is 79.6 Å². The van der Waals surface area contributed by atoms with Crippen molar-refractivity contribution in [2.45, 2.75) is 17.5 Å². The number of carbonyl (C=O) groups is 3. The highest BCUT2D eigenvalue weighted by molar-refractivity contribution is 6.16. The van der Waals surface area contributed by atoms with Gasteiger partial charge in [-0.05, 0) is 65.2 Å². The fourth-order valence-electron chi connectivity index (χ4n) is 6.52. The molecule has 0 radical (unpaired) electrons. The number of hydrogen-bond donors (Lipinski definition) is 1. The Labute approximate surface area is 217 Å². The number of para-hydroxylation sites is 1. The molecule has 3 aromatic carbocycles. The highest BCUT2D eigenvalue weighted by atomic mass is 19.1. The first-order valence-corrected chi connectivity index (χ1v) is 12.3. The first-order chi connectivity index (χ1) is 18.5. The van der Waals surface area contributed by atoms with Crippen molar-refractivity contribution in [3.05, 3.63) is 131 Å². The van der Waals surface area contributed by atoms with E-state index in [2.05, 4.69) is 5.32 Å². The average Bonchev–Trinajstić information content (AvgIpc) is 3.65. The Morgan fingerprint density at radius 3 is 2.45 bits per heavy atom. The number of nitrogens with one attached hydrogen (secondary N) is 1. The Balaban J connectivity index is 1.54. The van der Waals surface area contributed by atoms with Gasteiger partial charge in [-0.25, -0.2) is 4.39 Å². The standard InChI is InChI=1S/C31H21FN2O4/c32-20-13-11-19(12-14-20)27(35)26-25(28(36)24-10-5-17-38-24)31(22-8-3-4-9-23(22)33-30(31)37)29-21-7-2-1-6-18(21)15-16-34(26)29/h1-17,25-26,29H,(H,33,37). The van der Waals surface area contributed by atoms with Gasteiger partial charge in [0.1, 0.15) is 17.3 Å². The summed E-state index contributed by atoms with van der Waals surface area (Å²) < 4.78 is 19.3. The second-order valence-electron chi connectivity index (χ2n) is 9.80. The number of anilines is 1. The van der Waals surface area contributed by atoms with E-state index >= 15 is 0 Å². The van der Waals surface area contributed by atoms with Crippen LogP contribution in [-0.4, -0.2) is 28.4 Å². The van der Waals surface area contributed by atoms with E-state index in [1.165, 1.54) is 30.5 Å². The zero-order valence-corrected chi connectivity index (χ0v) is 20.0. The molecule has 4 atom stereocenters. The molecule has 186 valence electrons. The van der Waals surface area contributed by atoms with Crippen LogP contribution in [0.4, 0.5) is 10.1 Å². The number of halogens is 1. The number of rotatable bonds is 4. The van der Waals surface area contributed by atoms with Crippen molar-refractivity contribution < 1.29 is 23.2 Å². The van der Waals surface area contributed by atoms with Crippen molar-refractivity contribution in [2.24, 2.45) is 5.92 Å². The smallest absolute Gasteiger partial charge is 0.238 e. The van der Waals surface area contributed by atoms with Gasteiger partial charge >= 0.3 is 0 Å². The lowest BCUT2D eigenvalue weighted by molar-refractivity contribution is -0.122. The van der Waals surface area contributed by atoms with E-state index in [4.69, 9.17) is 4.42 Å². The summed E-state index contributed by atoms with van der Waals surface area (Å²) >= 11 is 0. The lowest BCUT2D eigenvalue weighted by Gasteiger charge is -2.38. The summed E-state index contributed by atoms with van der Waals surface area (Å²) in [5.41, 5.74) is 1.84. The van der Waals surface area contributed by atoms with Gasteiger partial charge in [0.05, 0.1) is 18.2 Å². The number of ketones is 2. The zero-order chi connectivity index (χ0) is 26.0. The number of furan rings is 1. The summed E-state index contributed by atoms with van der Waals surface area (Å²) in [6.45, 7) is 0. The molecule has 7 rings (SSSR count). The third-order valence-corrected chi connectivity index (χ3v) is 8.01. The van der Waals surface area contributed by atoms with Crippen LogP contribution >= 0.6 is 0 Å². The molecule has 7 heteroatoms. The van der Waals surface area contributed by atoms with Crippen LogP contribution in [0.25, 0.3) is 6.08 Å². The average molecular weight is 505 g/mol. The summed E-state index contributed by atoms with van der Waals surface area (Å²) in [5, 5.41) is 3.00. The number of benzene rings is 3. The second kappa shape index (κ2) is 8.11. The van der Waals surface area contributed by atoms with Crippen LogP contribution in [0.2, 0.25) is 0 Å². The maximum atomic E-state index is 14.3. The molecular weight excluding hydrogens is 483 g/mol. The molecule has 0 bridgehead atoms. The molecule has 4 unspecified atom stereocenters. The molecule has 1 spiro atoms. The molecule has 4 heterocycles. The molecule has 1 saturated heterocycles. The summed E-state index contributed by atoms with van der Waals surface area (Å²) in [6.07, 6.45) is 5.09. The van der Waals surface area contributed by atoms with Crippen LogP contribution < -0.4 is 5.32 Å². The van der Waals surface area contributed by atoms with E-state index in [-0.39, 0.29) is 23.0 Å². The lowest BCUT2D eigenvalue weighted by atomic mass is 9.63. The number of fused-ring (bicyclic) bond motifs is 6. The fraction of sp³-hybridized carbons (Fsp3) is 0.129. The molecule has 1 N–H and O–H groups in total. The largest absolute Gasteiger partial charge is 0.461 e. The predicted octanol–water partition coefficient (Wildman–Crippen LogP) is 5.40. The Bertz CT molecular complexity index is 1640. The summed E-state index contributed by atoms with van der Waals surface area (Å²) in [5.74, 6) is -2.70. The maximum absolute atomic E-state index is 14.3. The van der Waals surface area contributed by atoms with E-state index in [9.17, 15) is 18.8 Å². The molecule has 0 saturated carbocycles. The zero-order valence-electron chi connectivity index (χ0n) is 20.0. The third kappa shape index (κ3) is 2.90. The summed E-state index contributed by atoms with van der Waals surface area (Å²) in [7, 11) is 0. The highest BCUT2D eigenvalue weighted by Gasteiger charge is 2.71. The van der Waals surface area contributed by atoms with E-state index in [0.29, 0.717) is 11.3 Å². The Morgan fingerprint density at radius 1 is 0.895 bits per heavy atom. The lowest BCUT2D eigenvalue weighted by Crippen LogP contribution is -2.49. The van der Waals surface area contributed by atoms with Gasteiger partial charge in [0.25, 0.3) is 0 Å². The van der Waals surface area contributed by atoms with Crippen LogP contribution in [-0.2, 0) is 10.2 Å². The quantitative estimate of drug-likeness (QED) is 0.377. The predicted molar refractivity (Wildman–Crippen MR) is 138 cm³/mol. The molecule has 3 aliphatic rings. The molecule has 4 aromatic rings. The van der Waals surface area contributed by atoms with E-state index < -0.39 is 35.0 Å². The first kappa shape index (κ1) is 22.4. The van der Waals surface area contributed by atoms with E-state index in [0.717, 1.165) is 11.1 Å². The first-order valence-electron chi connectivity index (χ1n) is 12.3. The van der Waals surface area contributed by atoms with Crippen LogP contribution in [0.1, 0.15) is 43.6 Å². The van der Waals surface area contributed by atoms with Gasteiger partial charge in [-0.2, -0.15) is 0 Å². The minimum Gasteiger partial charge on any atom is -0.461 e. The van der Waals surface area contributed by atoms with E-state index in [1.807, 2.05) is 53.4 Å². The SMILES string of the molecule is O=C(c1ccc(F)cc1)C1C(C(=O)c2ccco2)C2(C(=O)Nc3ccccc32)C2c3ccccc3C=CN12.